The Labute approximate surface area is 169 Å². The number of hydrogen-bond acceptors (Lipinski definition) is 0. The second-order valence-electron chi connectivity index (χ2n) is 6.81. The number of hydrogen-bond donors (Lipinski definition) is 0. The number of rotatable bonds is 8. The summed E-state index contributed by atoms with van der Waals surface area (Å²) in [6.07, 6.45) is -10.1. The Morgan fingerprint density at radius 3 is 0.900 bits per heavy atom. The molecule has 30 heavy (non-hydrogen) atoms. The van der Waals surface area contributed by atoms with Crippen LogP contribution in [0, 0.1) is 0 Å². The second-order valence-corrected chi connectivity index (χ2v) is 11.3. The molecule has 0 rings (SSSR count). The van der Waals surface area contributed by atoms with E-state index in [1.54, 1.807) is 0 Å². The van der Waals surface area contributed by atoms with E-state index in [4.69, 9.17) is 0 Å². The summed E-state index contributed by atoms with van der Waals surface area (Å²) in [6.45, 7) is 1.42. The molecule has 0 aromatic heterocycles. The van der Waals surface area contributed by atoms with Crippen LogP contribution in [0.3, 0.4) is 0 Å². The fourth-order valence-corrected chi connectivity index (χ4v) is 2.61. The van der Waals surface area contributed by atoms with Crippen molar-refractivity contribution in [2.75, 3.05) is 0 Å². The van der Waals surface area contributed by atoms with E-state index < -0.39 is 80.0 Å². The van der Waals surface area contributed by atoms with Crippen LogP contribution in [0.4, 0.5) is 74.6 Å². The van der Waals surface area contributed by atoms with Gasteiger partial charge in [0.1, 0.15) is 0 Å². The summed E-state index contributed by atoms with van der Waals surface area (Å²) < 4.78 is 219. The van der Waals surface area contributed by atoms with Crippen molar-refractivity contribution in [1.82, 2.24) is 0 Å². The van der Waals surface area contributed by atoms with Gasteiger partial charge in [-0.1, -0.05) is 0 Å². The molecule has 0 aliphatic carbocycles. The van der Waals surface area contributed by atoms with E-state index in [1.807, 2.05) is 0 Å². The molecule has 0 atom stereocenters. The molecule has 0 heterocycles. The topological polar surface area (TPSA) is 0 Å². The van der Waals surface area contributed by atoms with Crippen LogP contribution >= 0.6 is 0 Å². The van der Waals surface area contributed by atoms with Crippen LogP contribution in [0.1, 0.15) is 20.3 Å². The molecular formula is C12H9F17Sn. The van der Waals surface area contributed by atoms with E-state index in [9.17, 15) is 74.6 Å². The van der Waals surface area contributed by atoms with Gasteiger partial charge in [0.05, 0.1) is 0 Å². The van der Waals surface area contributed by atoms with Gasteiger partial charge in [0.25, 0.3) is 0 Å². The first-order valence-corrected chi connectivity index (χ1v) is 8.61. The van der Waals surface area contributed by atoms with Crippen molar-refractivity contribution < 1.29 is 74.6 Å². The zero-order valence-electron chi connectivity index (χ0n) is 14.2. The van der Waals surface area contributed by atoms with Crippen LogP contribution in [0.15, 0.2) is 0 Å². The molecule has 180 valence electrons. The third-order valence-corrected chi connectivity index (χ3v) is 4.05. The molecule has 0 nitrogen and oxygen atoms in total. The first-order valence-electron chi connectivity index (χ1n) is 6.96. The number of halogens is 17. The predicted octanol–water partition coefficient (Wildman–Crippen LogP) is 6.49. The first kappa shape index (κ1) is 29.6. The summed E-state index contributed by atoms with van der Waals surface area (Å²) in [6, 6.07) is 0. The molecule has 0 amide bonds. The van der Waals surface area contributed by atoms with Gasteiger partial charge in [-0.05, 0) is 0 Å². The third-order valence-electron chi connectivity index (χ3n) is 3.46. The molecule has 0 unspecified atom stereocenters. The maximum atomic E-state index is 13.5. The molecular weight excluding hydrogens is 586 g/mol. The zero-order valence-corrected chi connectivity index (χ0v) is 17.5. The Morgan fingerprint density at radius 2 is 0.667 bits per heavy atom. The summed E-state index contributed by atoms with van der Waals surface area (Å²) in [4.78, 5) is 0. The van der Waals surface area contributed by atoms with E-state index in [0.29, 0.717) is 13.8 Å². The van der Waals surface area contributed by atoms with Crippen LogP contribution in [-0.2, 0) is 0 Å². The third kappa shape index (κ3) is 4.15. The maximum absolute atomic E-state index is 13.5. The minimum atomic E-state index is -8.57. The molecule has 18 heteroatoms. The van der Waals surface area contributed by atoms with Gasteiger partial charge < -0.3 is 0 Å². The molecule has 0 N–H and O–H groups in total. The Bertz CT molecular complexity index is 624. The fraction of sp³-hybridized carbons (Fsp3) is 1.00. The minimum absolute atomic E-state index is 0.424. The Kier molecular flexibility index (Phi) is 7.22. The molecule has 0 saturated carbocycles. The van der Waals surface area contributed by atoms with Crippen molar-refractivity contribution in [3.8, 4) is 0 Å². The molecule has 0 spiro atoms. The van der Waals surface area contributed by atoms with Crippen molar-refractivity contribution >= 4 is 22.5 Å². The van der Waals surface area contributed by atoms with Gasteiger partial charge in [-0.25, -0.2) is 0 Å². The van der Waals surface area contributed by atoms with Crippen LogP contribution in [-0.4, -0.2) is 70.2 Å². The molecule has 2 radical (unpaired) electrons. The average Bonchev–Trinajstić information content (AvgIpc) is 2.41. The standard InChI is InChI=1S/C12H8F17.Sn.H/c1-4(2)3-5(13,14)6(15,16)7(17,18)8(19,20)9(21,22)10(23,24)11(25,26)12(27,28)29;;/h3H2,1-2H3;;. The van der Waals surface area contributed by atoms with Gasteiger partial charge in [0.15, 0.2) is 0 Å². The van der Waals surface area contributed by atoms with Crippen LogP contribution in [0.2, 0.25) is 3.43 Å². The average molecular weight is 595 g/mol. The SMILES string of the molecule is C[C](C)([SnH])CC(F)(F)C(F)(F)C(F)(F)C(F)(F)C(F)(F)C(F)(F)C(F)(F)C(F)(F)F. The summed E-state index contributed by atoms with van der Waals surface area (Å²) in [5, 5.41) is 0. The Hall–Kier alpha value is -0.391. The molecule has 0 bridgehead atoms. The molecule has 0 saturated heterocycles. The van der Waals surface area contributed by atoms with Crippen LogP contribution < -0.4 is 0 Å². The Balaban J connectivity index is 6.70. The van der Waals surface area contributed by atoms with Crippen molar-refractivity contribution in [3.05, 3.63) is 0 Å². The van der Waals surface area contributed by atoms with Crippen molar-refractivity contribution in [1.29, 1.82) is 0 Å². The normalized spacial score (nSPS) is 16.8. The van der Waals surface area contributed by atoms with E-state index in [2.05, 4.69) is 0 Å². The van der Waals surface area contributed by atoms with Crippen LogP contribution in [0.25, 0.3) is 0 Å². The van der Waals surface area contributed by atoms with Gasteiger partial charge in [-0.15, -0.1) is 0 Å². The van der Waals surface area contributed by atoms with Gasteiger partial charge in [0.2, 0.25) is 0 Å². The first-order chi connectivity index (χ1) is 12.5. The second kappa shape index (κ2) is 7.31. The van der Waals surface area contributed by atoms with Gasteiger partial charge >= 0.3 is 168 Å². The molecule has 0 aliphatic heterocycles. The van der Waals surface area contributed by atoms with Crippen molar-refractivity contribution in [2.45, 2.75) is 71.3 Å². The summed E-state index contributed by atoms with van der Waals surface area (Å²) >= 11 is -0.424. The molecule has 0 aromatic rings. The van der Waals surface area contributed by atoms with E-state index in [1.165, 1.54) is 0 Å². The van der Waals surface area contributed by atoms with Gasteiger partial charge in [-0.3, -0.25) is 0 Å². The monoisotopic (exact) mass is 596 g/mol. The van der Waals surface area contributed by atoms with E-state index in [-0.39, 0.29) is 0 Å². The Morgan fingerprint density at radius 1 is 0.433 bits per heavy atom. The quantitative estimate of drug-likeness (QED) is 0.223. The molecule has 0 aliphatic rings. The predicted molar refractivity (Wildman–Crippen MR) is 66.5 cm³/mol. The van der Waals surface area contributed by atoms with Crippen LogP contribution in [0.5, 0.6) is 0 Å². The zero-order chi connectivity index (χ0) is 25.2. The fourth-order valence-electron chi connectivity index (χ4n) is 1.88. The van der Waals surface area contributed by atoms with Gasteiger partial charge in [-0.2, -0.15) is 0 Å². The van der Waals surface area contributed by atoms with E-state index in [0.717, 1.165) is 0 Å². The summed E-state index contributed by atoms with van der Waals surface area (Å²) in [5.74, 6) is -55.7. The van der Waals surface area contributed by atoms with Crippen molar-refractivity contribution in [2.24, 2.45) is 0 Å². The number of alkyl halides is 17. The van der Waals surface area contributed by atoms with Gasteiger partial charge in [0, 0.05) is 0 Å². The molecule has 0 fully saturated rings. The van der Waals surface area contributed by atoms with E-state index >= 15 is 0 Å². The molecule has 0 aromatic carbocycles. The summed E-state index contributed by atoms with van der Waals surface area (Å²) in [5.41, 5.74) is 0. The summed E-state index contributed by atoms with van der Waals surface area (Å²) in [7, 11) is 0. The van der Waals surface area contributed by atoms with Crippen molar-refractivity contribution in [3.63, 3.8) is 0 Å².